The molecule has 0 spiro atoms. The first-order chi connectivity index (χ1) is 14.0. The normalized spacial score (nSPS) is 11.1. The van der Waals surface area contributed by atoms with Crippen molar-refractivity contribution in [1.82, 2.24) is 19.6 Å². The zero-order chi connectivity index (χ0) is 20.8. The molecule has 0 amide bonds. The van der Waals surface area contributed by atoms with Crippen molar-refractivity contribution < 1.29 is 14.3 Å². The van der Waals surface area contributed by atoms with Crippen LogP contribution in [0.15, 0.2) is 48.7 Å². The molecule has 0 unspecified atom stereocenters. The molecule has 2 aromatic heterocycles. The lowest BCUT2D eigenvalue weighted by atomic mass is 10.1. The van der Waals surface area contributed by atoms with Gasteiger partial charge in [-0.05, 0) is 38.5 Å². The number of carbonyl (C=O) groups is 2. The number of benzene rings is 1. The predicted octanol–water partition coefficient (Wildman–Crippen LogP) is 3.20. The topological polar surface area (TPSA) is 79.0 Å². The van der Waals surface area contributed by atoms with Gasteiger partial charge in [-0.1, -0.05) is 35.5 Å². The summed E-state index contributed by atoms with van der Waals surface area (Å²) < 4.78 is 8.82. The Morgan fingerprint density at radius 3 is 2.62 bits per heavy atom. The molecule has 0 N–H and O–H groups in total. The van der Waals surface area contributed by atoms with Crippen LogP contribution in [0.4, 0.5) is 0 Å². The lowest BCUT2D eigenvalue weighted by molar-refractivity contribution is -0.136. The number of rotatable bonds is 8. The van der Waals surface area contributed by atoms with E-state index in [4.69, 9.17) is 4.74 Å². The Balaban J connectivity index is 1.53. The molecule has 0 aliphatic carbocycles. The van der Waals surface area contributed by atoms with E-state index in [-0.39, 0.29) is 12.4 Å². The van der Waals surface area contributed by atoms with Crippen molar-refractivity contribution in [3.05, 3.63) is 76.9 Å². The average molecular weight is 392 g/mol. The molecule has 3 rings (SSSR count). The van der Waals surface area contributed by atoms with Crippen LogP contribution in [0.5, 0.6) is 0 Å². The molecule has 0 atom stereocenters. The smallest absolute Gasteiger partial charge is 0.331 e. The molecule has 3 aromatic rings. The van der Waals surface area contributed by atoms with Crippen LogP contribution in [-0.2, 0) is 22.6 Å². The van der Waals surface area contributed by atoms with Gasteiger partial charge in [0.2, 0.25) is 5.78 Å². The average Bonchev–Trinajstić information content (AvgIpc) is 3.28. The van der Waals surface area contributed by atoms with E-state index in [0.717, 1.165) is 23.5 Å². The van der Waals surface area contributed by atoms with Crippen LogP contribution in [-0.4, -0.2) is 37.9 Å². The number of Topliss-reactive ketones (excluding diaryl/α,β-unsaturated/α-hetero) is 1. The third-order valence-electron chi connectivity index (χ3n) is 4.67. The summed E-state index contributed by atoms with van der Waals surface area (Å²) in [5.74, 6) is -0.811. The van der Waals surface area contributed by atoms with Gasteiger partial charge < -0.3 is 9.30 Å². The highest BCUT2D eigenvalue weighted by atomic mass is 16.5. The van der Waals surface area contributed by atoms with Crippen LogP contribution in [0, 0.1) is 13.8 Å². The largest absolute Gasteiger partial charge is 0.454 e. The van der Waals surface area contributed by atoms with E-state index in [2.05, 4.69) is 10.3 Å². The van der Waals surface area contributed by atoms with Crippen molar-refractivity contribution in [1.29, 1.82) is 0 Å². The molecule has 29 heavy (non-hydrogen) atoms. The summed E-state index contributed by atoms with van der Waals surface area (Å²) in [5.41, 5.74) is 4.13. The number of ketones is 1. The fourth-order valence-corrected chi connectivity index (χ4v) is 3.22. The van der Waals surface area contributed by atoms with Gasteiger partial charge in [0, 0.05) is 29.6 Å². The minimum Gasteiger partial charge on any atom is -0.454 e. The summed E-state index contributed by atoms with van der Waals surface area (Å²) in [7, 11) is 0. The molecular weight excluding hydrogens is 368 g/mol. The summed E-state index contributed by atoms with van der Waals surface area (Å²) in [4.78, 5) is 24.3. The van der Waals surface area contributed by atoms with Crippen molar-refractivity contribution in [2.24, 2.45) is 0 Å². The molecular formula is C22H24N4O3. The van der Waals surface area contributed by atoms with Crippen LogP contribution < -0.4 is 0 Å². The van der Waals surface area contributed by atoms with Crippen LogP contribution in [0.2, 0.25) is 0 Å². The molecule has 1 aromatic carbocycles. The van der Waals surface area contributed by atoms with Gasteiger partial charge in [0.15, 0.2) is 6.61 Å². The lowest BCUT2D eigenvalue weighted by Crippen LogP contribution is -2.13. The first-order valence-electron chi connectivity index (χ1n) is 9.46. The number of hydrogen-bond acceptors (Lipinski definition) is 5. The lowest BCUT2D eigenvalue weighted by Gasteiger charge is -2.05. The van der Waals surface area contributed by atoms with Crippen molar-refractivity contribution in [2.75, 3.05) is 6.61 Å². The third kappa shape index (κ3) is 5.07. The van der Waals surface area contributed by atoms with Crippen LogP contribution in [0.25, 0.3) is 6.08 Å². The van der Waals surface area contributed by atoms with Crippen molar-refractivity contribution in [3.63, 3.8) is 0 Å². The summed E-state index contributed by atoms with van der Waals surface area (Å²) >= 11 is 0. The Morgan fingerprint density at radius 2 is 1.93 bits per heavy atom. The van der Waals surface area contributed by atoms with Gasteiger partial charge in [0.1, 0.15) is 5.69 Å². The second kappa shape index (κ2) is 9.14. The molecule has 0 fully saturated rings. The Morgan fingerprint density at radius 1 is 1.17 bits per heavy atom. The van der Waals surface area contributed by atoms with Crippen molar-refractivity contribution >= 4 is 17.8 Å². The third-order valence-corrected chi connectivity index (χ3v) is 4.67. The number of nitrogens with zero attached hydrogens (tertiary/aromatic N) is 4. The van der Waals surface area contributed by atoms with E-state index in [1.807, 2.05) is 61.7 Å². The zero-order valence-electron chi connectivity index (χ0n) is 16.8. The maximum absolute atomic E-state index is 12.4. The molecule has 0 aliphatic heterocycles. The predicted molar refractivity (Wildman–Crippen MR) is 109 cm³/mol. The molecule has 7 nitrogen and oxygen atoms in total. The Labute approximate surface area is 169 Å². The zero-order valence-corrected chi connectivity index (χ0v) is 16.8. The van der Waals surface area contributed by atoms with E-state index < -0.39 is 5.97 Å². The highest BCUT2D eigenvalue weighted by Crippen LogP contribution is 2.15. The number of aromatic nitrogens is 4. The molecule has 0 aliphatic rings. The van der Waals surface area contributed by atoms with Gasteiger partial charge in [0.05, 0.1) is 12.7 Å². The summed E-state index contributed by atoms with van der Waals surface area (Å²) in [6.07, 6.45) is 4.51. The maximum Gasteiger partial charge on any atom is 0.331 e. The molecule has 7 heteroatoms. The van der Waals surface area contributed by atoms with Crippen LogP contribution in [0.1, 0.15) is 39.9 Å². The van der Waals surface area contributed by atoms with Gasteiger partial charge in [0.25, 0.3) is 0 Å². The first kappa shape index (κ1) is 20.3. The van der Waals surface area contributed by atoms with Crippen LogP contribution in [0.3, 0.4) is 0 Å². The van der Waals surface area contributed by atoms with Gasteiger partial charge in [-0.25, -0.2) is 9.48 Å². The number of esters is 1. The Kier molecular flexibility index (Phi) is 6.39. The van der Waals surface area contributed by atoms with E-state index in [9.17, 15) is 9.59 Å². The fourth-order valence-electron chi connectivity index (χ4n) is 3.22. The number of carbonyl (C=O) groups excluding carboxylic acids is 2. The standard InChI is InChI=1S/C22H24N4O3/c1-4-26-16(2)12-20(17(26)3)21(27)15-29-22(28)11-10-19-14-25(24-23-19)13-18-8-6-5-7-9-18/h5-12,14H,4,13,15H2,1-3H3/b11-10+. The number of aryl methyl sites for hydroxylation is 1. The molecule has 0 radical (unpaired) electrons. The Bertz CT molecular complexity index is 1030. The summed E-state index contributed by atoms with van der Waals surface area (Å²) in [6.45, 7) is 6.96. The molecule has 0 saturated carbocycles. The van der Waals surface area contributed by atoms with Crippen molar-refractivity contribution in [2.45, 2.75) is 33.9 Å². The molecule has 2 heterocycles. The number of hydrogen-bond donors (Lipinski definition) is 0. The maximum atomic E-state index is 12.4. The van der Waals surface area contributed by atoms with Gasteiger partial charge in [-0.2, -0.15) is 0 Å². The van der Waals surface area contributed by atoms with E-state index in [1.165, 1.54) is 12.2 Å². The van der Waals surface area contributed by atoms with Gasteiger partial charge >= 0.3 is 5.97 Å². The Hall–Kier alpha value is -3.48. The minimum atomic E-state index is -0.597. The summed E-state index contributed by atoms with van der Waals surface area (Å²) in [6, 6.07) is 11.7. The van der Waals surface area contributed by atoms with Crippen LogP contribution >= 0.6 is 0 Å². The minimum absolute atomic E-state index is 0.214. The van der Waals surface area contributed by atoms with Gasteiger partial charge in [-0.15, -0.1) is 5.10 Å². The van der Waals surface area contributed by atoms with E-state index in [1.54, 1.807) is 10.9 Å². The molecule has 150 valence electrons. The van der Waals surface area contributed by atoms with Gasteiger partial charge in [-0.3, -0.25) is 4.79 Å². The van der Waals surface area contributed by atoms with Crippen molar-refractivity contribution in [3.8, 4) is 0 Å². The quantitative estimate of drug-likeness (QED) is 0.334. The monoisotopic (exact) mass is 392 g/mol. The second-order valence-electron chi connectivity index (χ2n) is 6.72. The van der Waals surface area contributed by atoms with E-state index >= 15 is 0 Å². The molecule has 0 bridgehead atoms. The fraction of sp³-hybridized carbons (Fsp3) is 0.273. The molecule has 0 saturated heterocycles. The number of ether oxygens (including phenoxy) is 1. The highest BCUT2D eigenvalue weighted by molar-refractivity contribution is 6.00. The second-order valence-corrected chi connectivity index (χ2v) is 6.72. The first-order valence-corrected chi connectivity index (χ1v) is 9.46. The van der Waals surface area contributed by atoms with E-state index in [0.29, 0.717) is 17.8 Å². The summed E-state index contributed by atoms with van der Waals surface area (Å²) in [5, 5.41) is 8.05. The SMILES string of the molecule is CCn1c(C)cc(C(=O)COC(=O)/C=C/c2cn(Cc3ccccc3)nn2)c1C. The highest BCUT2D eigenvalue weighted by Gasteiger charge is 2.16.